The van der Waals surface area contributed by atoms with Gasteiger partial charge in [0.15, 0.2) is 5.84 Å². The lowest BCUT2D eigenvalue weighted by molar-refractivity contribution is -0.114. The number of hydrogen-bond donors (Lipinski definition) is 1. The van der Waals surface area contributed by atoms with Gasteiger partial charge in [-0.25, -0.2) is 4.39 Å². The molecular formula is C24H24FN5OS. The number of nitrogens with zero attached hydrogens (tertiary/aromatic N) is 4. The molecule has 5 rings (SSSR count). The molecule has 0 radical (unpaired) electrons. The van der Waals surface area contributed by atoms with Crippen LogP contribution < -0.4 is 0 Å². The van der Waals surface area contributed by atoms with Crippen molar-refractivity contribution in [3.05, 3.63) is 58.7 Å². The zero-order chi connectivity index (χ0) is 22.4. The number of rotatable bonds is 3. The largest absolute Gasteiger partial charge is 0.315 e. The second-order valence-corrected chi connectivity index (χ2v) is 9.39. The molecule has 0 saturated heterocycles. The van der Waals surface area contributed by atoms with Crippen LogP contribution in [0.25, 0.3) is 11.8 Å². The minimum Gasteiger partial charge on any atom is -0.315 e. The van der Waals surface area contributed by atoms with Crippen LogP contribution in [0.15, 0.2) is 46.0 Å². The molecule has 1 N–H and O–H groups in total. The fraction of sp³-hybridized carbons (Fsp3) is 0.333. The quantitative estimate of drug-likeness (QED) is 0.635. The lowest BCUT2D eigenvalue weighted by Crippen LogP contribution is -2.35. The minimum atomic E-state index is -0.440. The SMILES string of the molecule is Cc1cc(/C=C2\C(=N)N3N=C(C4CCCCC4)SC3=NC2=O)c(C)n1-c1ccccc1F. The molecule has 1 fully saturated rings. The molecule has 1 aliphatic carbocycles. The van der Waals surface area contributed by atoms with Crippen LogP contribution in [0.4, 0.5) is 4.39 Å². The van der Waals surface area contributed by atoms with Crippen LogP contribution in [0.3, 0.4) is 0 Å². The monoisotopic (exact) mass is 449 g/mol. The first-order chi connectivity index (χ1) is 15.4. The van der Waals surface area contributed by atoms with Gasteiger partial charge in [-0.1, -0.05) is 31.4 Å². The van der Waals surface area contributed by atoms with Crippen molar-refractivity contribution in [1.29, 1.82) is 5.41 Å². The highest BCUT2D eigenvalue weighted by molar-refractivity contribution is 8.27. The van der Waals surface area contributed by atoms with E-state index in [4.69, 9.17) is 5.41 Å². The fourth-order valence-electron chi connectivity index (χ4n) is 4.61. The lowest BCUT2D eigenvalue weighted by atomic mass is 9.90. The van der Waals surface area contributed by atoms with Crippen molar-refractivity contribution in [3.8, 4) is 5.69 Å². The predicted molar refractivity (Wildman–Crippen MR) is 127 cm³/mol. The average Bonchev–Trinajstić information content (AvgIpc) is 3.33. The van der Waals surface area contributed by atoms with Gasteiger partial charge in [0.25, 0.3) is 5.91 Å². The third kappa shape index (κ3) is 3.52. The number of amides is 1. The smallest absolute Gasteiger partial charge is 0.283 e. The normalized spacial score (nSPS) is 20.6. The van der Waals surface area contributed by atoms with E-state index in [0.717, 1.165) is 34.8 Å². The summed E-state index contributed by atoms with van der Waals surface area (Å²) in [5, 5.41) is 16.2. The van der Waals surface area contributed by atoms with Gasteiger partial charge < -0.3 is 4.57 Å². The van der Waals surface area contributed by atoms with E-state index in [2.05, 4.69) is 10.1 Å². The first kappa shape index (κ1) is 20.9. The molecular weight excluding hydrogens is 425 g/mol. The minimum absolute atomic E-state index is 0.0361. The van der Waals surface area contributed by atoms with Crippen LogP contribution >= 0.6 is 11.8 Å². The molecule has 1 saturated carbocycles. The number of benzene rings is 1. The van der Waals surface area contributed by atoms with Gasteiger partial charge >= 0.3 is 0 Å². The number of aromatic nitrogens is 1. The Morgan fingerprint density at radius 3 is 2.69 bits per heavy atom. The molecule has 0 bridgehead atoms. The second kappa shape index (κ2) is 8.16. The Labute approximate surface area is 190 Å². The van der Waals surface area contributed by atoms with Crippen LogP contribution in [0, 0.1) is 31.0 Å². The van der Waals surface area contributed by atoms with Crippen molar-refractivity contribution in [2.75, 3.05) is 0 Å². The van der Waals surface area contributed by atoms with Gasteiger partial charge in [0.1, 0.15) is 10.9 Å². The molecule has 1 amide bonds. The van der Waals surface area contributed by atoms with Gasteiger partial charge in [0.05, 0.1) is 11.3 Å². The van der Waals surface area contributed by atoms with E-state index < -0.39 is 5.91 Å². The number of halogens is 1. The van der Waals surface area contributed by atoms with Crippen molar-refractivity contribution < 1.29 is 9.18 Å². The molecule has 1 aromatic carbocycles. The van der Waals surface area contributed by atoms with Crippen molar-refractivity contribution in [2.24, 2.45) is 16.0 Å². The van der Waals surface area contributed by atoms with E-state index in [0.29, 0.717) is 16.8 Å². The second-order valence-electron chi connectivity index (χ2n) is 8.41. The van der Waals surface area contributed by atoms with Gasteiger partial charge in [0.2, 0.25) is 5.17 Å². The Hall–Kier alpha value is -3.00. The number of carbonyl (C=O) groups excluding carboxylic acids is 1. The third-order valence-corrected chi connectivity index (χ3v) is 7.36. The van der Waals surface area contributed by atoms with Gasteiger partial charge in [0, 0.05) is 17.3 Å². The molecule has 164 valence electrons. The van der Waals surface area contributed by atoms with E-state index >= 15 is 0 Å². The number of carbonyl (C=O) groups is 1. The number of nitrogens with one attached hydrogen (secondary N) is 1. The summed E-state index contributed by atoms with van der Waals surface area (Å²) >= 11 is 1.42. The highest BCUT2D eigenvalue weighted by Crippen LogP contribution is 2.36. The van der Waals surface area contributed by atoms with Gasteiger partial charge in [-0.15, -0.1) is 0 Å². The number of hydrogen-bond acceptors (Lipinski definition) is 4. The van der Waals surface area contributed by atoms with Crippen molar-refractivity contribution in [2.45, 2.75) is 46.0 Å². The molecule has 3 aliphatic rings. The summed E-state index contributed by atoms with van der Waals surface area (Å²) in [6, 6.07) is 8.49. The summed E-state index contributed by atoms with van der Waals surface area (Å²) in [5.41, 5.74) is 3.03. The molecule has 8 heteroatoms. The topological polar surface area (TPSA) is 73.8 Å². The number of thioether (sulfide) groups is 1. The van der Waals surface area contributed by atoms with Gasteiger partial charge in [-0.2, -0.15) is 15.1 Å². The number of fused-ring (bicyclic) bond motifs is 1. The van der Waals surface area contributed by atoms with Gasteiger partial charge in [-0.3, -0.25) is 10.2 Å². The Morgan fingerprint density at radius 1 is 1.19 bits per heavy atom. The Morgan fingerprint density at radius 2 is 1.94 bits per heavy atom. The molecule has 32 heavy (non-hydrogen) atoms. The highest BCUT2D eigenvalue weighted by atomic mass is 32.2. The molecule has 2 aliphatic heterocycles. The van der Waals surface area contributed by atoms with Gasteiger partial charge in [-0.05, 0) is 68.3 Å². The van der Waals surface area contributed by atoms with Crippen LogP contribution in [0.2, 0.25) is 0 Å². The highest BCUT2D eigenvalue weighted by Gasteiger charge is 2.38. The fourth-order valence-corrected chi connectivity index (χ4v) is 5.67. The predicted octanol–water partition coefficient (Wildman–Crippen LogP) is 5.43. The molecule has 0 unspecified atom stereocenters. The third-order valence-electron chi connectivity index (χ3n) is 6.29. The van der Waals surface area contributed by atoms with Crippen molar-refractivity contribution >= 4 is 39.8 Å². The molecule has 0 spiro atoms. The summed E-state index contributed by atoms with van der Waals surface area (Å²) in [7, 11) is 0. The molecule has 2 aromatic rings. The number of aryl methyl sites for hydroxylation is 1. The summed E-state index contributed by atoms with van der Waals surface area (Å²) in [5.74, 6) is -0.335. The number of amidine groups is 2. The standard InChI is InChI=1S/C24H24FN5OS/c1-14-12-17(15(2)29(14)20-11-7-6-10-19(20)25)13-18-21(26)30-24(27-22(18)31)32-23(28-30)16-8-4-3-5-9-16/h6-7,10-13,16,26H,3-5,8-9H2,1-2H3/b18-13+,26-21?. The summed E-state index contributed by atoms with van der Waals surface area (Å²) in [6.45, 7) is 3.77. The van der Waals surface area contributed by atoms with Crippen LogP contribution in [0.5, 0.6) is 0 Å². The summed E-state index contributed by atoms with van der Waals surface area (Å²) in [6.07, 6.45) is 7.50. The number of hydrazone groups is 1. The first-order valence-electron chi connectivity index (χ1n) is 10.9. The number of aliphatic imine (C=N–C) groups is 1. The average molecular weight is 450 g/mol. The zero-order valence-electron chi connectivity index (χ0n) is 18.1. The van der Waals surface area contributed by atoms with E-state index in [-0.39, 0.29) is 17.2 Å². The Kier molecular flexibility index (Phi) is 5.33. The van der Waals surface area contributed by atoms with E-state index in [9.17, 15) is 9.18 Å². The van der Waals surface area contributed by atoms with E-state index in [1.807, 2.05) is 24.5 Å². The molecule has 1 aromatic heterocycles. The summed E-state index contributed by atoms with van der Waals surface area (Å²) < 4.78 is 16.2. The van der Waals surface area contributed by atoms with E-state index in [1.54, 1.807) is 24.3 Å². The zero-order valence-corrected chi connectivity index (χ0v) is 18.9. The van der Waals surface area contributed by atoms with E-state index in [1.165, 1.54) is 42.1 Å². The lowest BCUT2D eigenvalue weighted by Gasteiger charge is -2.20. The van der Waals surface area contributed by atoms with Crippen LogP contribution in [-0.2, 0) is 4.79 Å². The Bertz CT molecular complexity index is 1220. The first-order valence-corrected chi connectivity index (χ1v) is 11.7. The van der Waals surface area contributed by atoms with Crippen LogP contribution in [-0.4, -0.2) is 31.5 Å². The summed E-state index contributed by atoms with van der Waals surface area (Å²) in [4.78, 5) is 17.0. The molecule has 3 heterocycles. The van der Waals surface area contributed by atoms with Crippen molar-refractivity contribution in [1.82, 2.24) is 9.58 Å². The molecule has 6 nitrogen and oxygen atoms in total. The maximum absolute atomic E-state index is 14.4. The maximum atomic E-state index is 14.4. The Balaban J connectivity index is 1.49. The molecule has 0 atom stereocenters. The van der Waals surface area contributed by atoms with Crippen LogP contribution in [0.1, 0.15) is 49.1 Å². The van der Waals surface area contributed by atoms with Crippen molar-refractivity contribution in [3.63, 3.8) is 0 Å². The number of para-hydroxylation sites is 1. The maximum Gasteiger partial charge on any atom is 0.283 e.